The first-order valence-electron chi connectivity index (χ1n) is 12.0. The first kappa shape index (κ1) is 29.4. The fraction of sp³-hybridized carbons (Fsp3) is 0.464. The average molecular weight is 561 g/mol. The molecule has 2 aromatic rings. The van der Waals surface area contributed by atoms with Crippen LogP contribution >= 0.6 is 15.9 Å². The Morgan fingerprint density at radius 2 is 1.36 bits per heavy atom. The summed E-state index contributed by atoms with van der Waals surface area (Å²) in [6, 6.07) is 15.0. The first-order chi connectivity index (χ1) is 16.6. The van der Waals surface area contributed by atoms with Gasteiger partial charge in [-0.2, -0.15) is 0 Å². The van der Waals surface area contributed by atoms with Crippen molar-refractivity contribution in [3.63, 3.8) is 0 Å². The average Bonchev–Trinajstić information content (AvgIpc) is 2.78. The minimum Gasteiger partial charge on any atom is -0.465 e. The van der Waals surface area contributed by atoms with Gasteiger partial charge in [-0.3, -0.25) is 9.59 Å². The lowest BCUT2D eigenvalue weighted by atomic mass is 9.60. The minimum atomic E-state index is -1.10. The van der Waals surface area contributed by atoms with Gasteiger partial charge in [0.05, 0.1) is 10.9 Å². The van der Waals surface area contributed by atoms with Gasteiger partial charge < -0.3 is 21.1 Å². The smallest absolute Gasteiger partial charge is 0.405 e. The number of rotatable bonds is 9. The molecule has 0 saturated heterocycles. The van der Waals surface area contributed by atoms with E-state index in [1.54, 1.807) is 12.1 Å². The molecule has 0 aliphatic carbocycles. The number of carboxylic acid groups (broad SMARTS) is 1. The van der Waals surface area contributed by atoms with Gasteiger partial charge in [0, 0.05) is 16.8 Å². The number of carbonyl (C=O) groups is 3. The SMILES string of the molecule is CC(C)C(NC(=O)O)(c1ccc(NC(=O)CBr)cc1)C(C)(C)Cc1ccc(NC(=O)C(C)(C)C)cc1. The third-order valence-electron chi connectivity index (χ3n) is 6.52. The monoisotopic (exact) mass is 559 g/mol. The Morgan fingerprint density at radius 1 is 0.861 bits per heavy atom. The number of benzene rings is 2. The molecule has 36 heavy (non-hydrogen) atoms. The Labute approximate surface area is 222 Å². The quantitative estimate of drug-likeness (QED) is 0.267. The summed E-state index contributed by atoms with van der Waals surface area (Å²) < 4.78 is 0. The van der Waals surface area contributed by atoms with Gasteiger partial charge in [-0.25, -0.2) is 4.79 Å². The molecule has 0 spiro atoms. The number of carbonyl (C=O) groups excluding carboxylic acids is 2. The van der Waals surface area contributed by atoms with Gasteiger partial charge in [0.15, 0.2) is 0 Å². The van der Waals surface area contributed by atoms with Crippen LogP contribution in [-0.2, 0) is 21.5 Å². The zero-order valence-corrected chi connectivity index (χ0v) is 23.7. The van der Waals surface area contributed by atoms with Crippen molar-refractivity contribution < 1.29 is 19.5 Å². The maximum absolute atomic E-state index is 12.3. The highest BCUT2D eigenvalue weighted by Crippen LogP contribution is 2.47. The Kier molecular flexibility index (Phi) is 9.34. The van der Waals surface area contributed by atoms with Gasteiger partial charge in [-0.05, 0) is 53.1 Å². The van der Waals surface area contributed by atoms with Crippen LogP contribution in [0.5, 0.6) is 0 Å². The summed E-state index contributed by atoms with van der Waals surface area (Å²) in [6.45, 7) is 13.7. The summed E-state index contributed by atoms with van der Waals surface area (Å²) in [5.41, 5.74) is 1.24. The fourth-order valence-corrected chi connectivity index (χ4v) is 4.89. The molecule has 1 atom stereocenters. The lowest BCUT2D eigenvalue weighted by Gasteiger charge is -2.50. The van der Waals surface area contributed by atoms with Crippen LogP contribution in [-0.4, -0.2) is 28.3 Å². The molecule has 0 aliphatic rings. The Balaban J connectivity index is 2.42. The van der Waals surface area contributed by atoms with Crippen LogP contribution in [0, 0.1) is 16.7 Å². The molecule has 7 nitrogen and oxygen atoms in total. The van der Waals surface area contributed by atoms with Gasteiger partial charge >= 0.3 is 6.09 Å². The maximum Gasteiger partial charge on any atom is 0.405 e. The zero-order chi connectivity index (χ0) is 27.3. The summed E-state index contributed by atoms with van der Waals surface area (Å²) in [4.78, 5) is 36.1. The predicted molar refractivity (Wildman–Crippen MR) is 149 cm³/mol. The van der Waals surface area contributed by atoms with Crippen molar-refractivity contribution in [1.29, 1.82) is 0 Å². The van der Waals surface area contributed by atoms with Gasteiger partial charge in [0.1, 0.15) is 0 Å². The van der Waals surface area contributed by atoms with Crippen molar-refractivity contribution in [1.82, 2.24) is 5.32 Å². The lowest BCUT2D eigenvalue weighted by Crippen LogP contribution is -2.59. The molecular formula is C28H38BrN3O4. The van der Waals surface area contributed by atoms with Crippen molar-refractivity contribution in [2.24, 2.45) is 16.7 Å². The predicted octanol–water partition coefficient (Wildman–Crippen LogP) is 6.39. The number of amides is 3. The molecule has 4 N–H and O–H groups in total. The second-order valence-corrected chi connectivity index (χ2v) is 11.7. The van der Waals surface area contributed by atoms with Crippen molar-refractivity contribution in [2.45, 2.75) is 60.4 Å². The van der Waals surface area contributed by atoms with E-state index >= 15 is 0 Å². The van der Waals surface area contributed by atoms with Gasteiger partial charge in [0.25, 0.3) is 0 Å². The second kappa shape index (κ2) is 11.5. The van der Waals surface area contributed by atoms with Crippen LogP contribution in [0.2, 0.25) is 0 Å². The summed E-state index contributed by atoms with van der Waals surface area (Å²) in [5.74, 6) is -0.309. The molecule has 0 bridgehead atoms. The van der Waals surface area contributed by atoms with E-state index in [-0.39, 0.29) is 23.1 Å². The Bertz CT molecular complexity index is 1070. The van der Waals surface area contributed by atoms with E-state index < -0.39 is 22.5 Å². The summed E-state index contributed by atoms with van der Waals surface area (Å²) in [7, 11) is 0. The molecule has 0 radical (unpaired) electrons. The normalized spacial score (nSPS) is 13.6. The van der Waals surface area contributed by atoms with Gasteiger partial charge in [-0.15, -0.1) is 0 Å². The third-order valence-corrected chi connectivity index (χ3v) is 7.03. The van der Waals surface area contributed by atoms with E-state index in [1.165, 1.54) is 0 Å². The Hall–Kier alpha value is -2.87. The molecule has 1 unspecified atom stereocenters. The number of nitrogens with one attached hydrogen (secondary N) is 3. The highest BCUT2D eigenvalue weighted by molar-refractivity contribution is 9.09. The van der Waals surface area contributed by atoms with Gasteiger partial charge in [0.2, 0.25) is 11.8 Å². The third kappa shape index (κ3) is 6.87. The molecule has 0 saturated carbocycles. The molecule has 0 fully saturated rings. The van der Waals surface area contributed by atoms with Crippen molar-refractivity contribution >= 4 is 45.2 Å². The first-order valence-corrected chi connectivity index (χ1v) is 13.1. The standard InChI is InChI=1S/C28H38BrN3O4/c1-18(2)28(32-25(35)36,20-10-14-21(15-11-20)30-23(33)17-29)27(6,7)16-19-8-12-22(13-9-19)31-24(34)26(3,4)5/h8-15,18,32H,16-17H2,1-7H3,(H,30,33)(H,31,34)(H,35,36). The van der Waals surface area contributed by atoms with Crippen molar-refractivity contribution in [3.8, 4) is 0 Å². The summed E-state index contributed by atoms with van der Waals surface area (Å²) in [6.07, 6.45) is -0.519. The fourth-order valence-electron chi connectivity index (χ4n) is 4.75. The largest absolute Gasteiger partial charge is 0.465 e. The molecule has 3 amide bonds. The number of alkyl halides is 1. The van der Waals surface area contributed by atoms with Crippen molar-refractivity contribution in [2.75, 3.05) is 16.0 Å². The molecule has 0 aliphatic heterocycles. The van der Waals surface area contributed by atoms with E-state index in [4.69, 9.17) is 0 Å². The van der Waals surface area contributed by atoms with Crippen LogP contribution < -0.4 is 16.0 Å². The van der Waals surface area contributed by atoms with Crippen LogP contribution in [0.25, 0.3) is 0 Å². The van der Waals surface area contributed by atoms with E-state index in [9.17, 15) is 19.5 Å². The summed E-state index contributed by atoms with van der Waals surface area (Å²) in [5, 5.41) is 18.6. The van der Waals surface area contributed by atoms with Crippen LogP contribution in [0.4, 0.5) is 16.2 Å². The number of halogens is 1. The van der Waals surface area contributed by atoms with E-state index in [0.29, 0.717) is 12.1 Å². The molecule has 0 heterocycles. The van der Waals surface area contributed by atoms with E-state index in [0.717, 1.165) is 16.8 Å². The molecule has 2 aromatic carbocycles. The minimum absolute atomic E-state index is 0.0594. The molecule has 2 rings (SSSR count). The van der Waals surface area contributed by atoms with Crippen LogP contribution in [0.1, 0.15) is 59.6 Å². The van der Waals surface area contributed by atoms with Crippen LogP contribution in [0.15, 0.2) is 48.5 Å². The number of hydrogen-bond acceptors (Lipinski definition) is 3. The van der Waals surface area contributed by atoms with E-state index in [1.807, 2.05) is 71.0 Å². The second-order valence-electron chi connectivity index (χ2n) is 11.1. The topological polar surface area (TPSA) is 108 Å². The van der Waals surface area contributed by atoms with E-state index in [2.05, 4.69) is 45.7 Å². The lowest BCUT2D eigenvalue weighted by molar-refractivity contribution is -0.123. The molecule has 196 valence electrons. The summed E-state index contributed by atoms with van der Waals surface area (Å²) >= 11 is 3.14. The van der Waals surface area contributed by atoms with Gasteiger partial charge in [-0.1, -0.05) is 88.7 Å². The maximum atomic E-state index is 12.3. The highest BCUT2D eigenvalue weighted by Gasteiger charge is 2.50. The molecule has 0 aromatic heterocycles. The molecular weight excluding hydrogens is 522 g/mol. The highest BCUT2D eigenvalue weighted by atomic mass is 79.9. The number of anilines is 2. The Morgan fingerprint density at radius 3 is 1.81 bits per heavy atom. The number of hydrogen-bond donors (Lipinski definition) is 4. The van der Waals surface area contributed by atoms with Crippen LogP contribution in [0.3, 0.4) is 0 Å². The van der Waals surface area contributed by atoms with Crippen molar-refractivity contribution in [3.05, 3.63) is 59.7 Å². The molecule has 8 heteroatoms. The zero-order valence-electron chi connectivity index (χ0n) is 22.2.